The van der Waals surface area contributed by atoms with E-state index in [2.05, 4.69) is 4.84 Å². The lowest BCUT2D eigenvalue weighted by molar-refractivity contribution is -0.00129. The Labute approximate surface area is 110 Å². The number of nitrogens with one attached hydrogen (secondary N) is 1. The van der Waals surface area contributed by atoms with Crippen molar-refractivity contribution in [3.05, 3.63) is 35.4 Å². The van der Waals surface area contributed by atoms with Gasteiger partial charge in [0.1, 0.15) is 5.60 Å². The van der Waals surface area contributed by atoms with E-state index in [0.717, 1.165) is 0 Å². The van der Waals surface area contributed by atoms with Gasteiger partial charge in [-0.15, -0.1) is 5.48 Å². The third-order valence-electron chi connectivity index (χ3n) is 1.88. The fourth-order valence-electron chi connectivity index (χ4n) is 1.13. The van der Waals surface area contributed by atoms with E-state index in [1.54, 1.807) is 20.8 Å². The number of nitriles is 1. The highest BCUT2D eigenvalue weighted by Gasteiger charge is 2.17. The molecule has 1 aromatic carbocycles. The van der Waals surface area contributed by atoms with Crippen LogP contribution in [0.3, 0.4) is 0 Å². The second-order valence-electron chi connectivity index (χ2n) is 4.68. The van der Waals surface area contributed by atoms with Crippen molar-refractivity contribution < 1.29 is 19.2 Å². The molecule has 0 aliphatic rings. The van der Waals surface area contributed by atoms with Gasteiger partial charge in [0.05, 0.1) is 17.2 Å². The predicted molar refractivity (Wildman–Crippen MR) is 65.9 cm³/mol. The van der Waals surface area contributed by atoms with Gasteiger partial charge < -0.3 is 9.57 Å². The van der Waals surface area contributed by atoms with Gasteiger partial charge in [-0.2, -0.15) is 5.26 Å². The Morgan fingerprint density at radius 1 is 1.21 bits per heavy atom. The second kappa shape index (κ2) is 5.87. The van der Waals surface area contributed by atoms with Gasteiger partial charge in [0.2, 0.25) is 0 Å². The summed E-state index contributed by atoms with van der Waals surface area (Å²) in [6.07, 6.45) is -0.852. The van der Waals surface area contributed by atoms with E-state index < -0.39 is 17.7 Å². The Balaban J connectivity index is 2.51. The van der Waals surface area contributed by atoms with E-state index in [1.165, 1.54) is 24.3 Å². The van der Waals surface area contributed by atoms with Gasteiger partial charge in [-0.1, -0.05) is 0 Å². The molecule has 0 heterocycles. The Hall–Kier alpha value is -2.55. The average molecular weight is 262 g/mol. The summed E-state index contributed by atoms with van der Waals surface area (Å²) in [6, 6.07) is 7.74. The van der Waals surface area contributed by atoms with Crippen LogP contribution in [0.1, 0.15) is 36.7 Å². The zero-order valence-electron chi connectivity index (χ0n) is 10.9. The number of ether oxygens (including phenoxy) is 1. The third kappa shape index (κ3) is 5.08. The van der Waals surface area contributed by atoms with E-state index in [4.69, 9.17) is 10.00 Å². The number of nitrogens with zero attached hydrogens (tertiary/aromatic N) is 1. The van der Waals surface area contributed by atoms with Crippen LogP contribution < -0.4 is 5.48 Å². The molecule has 0 fully saturated rings. The summed E-state index contributed by atoms with van der Waals surface area (Å²) in [5.41, 5.74) is 1.86. The van der Waals surface area contributed by atoms with Crippen molar-refractivity contribution in [1.82, 2.24) is 5.48 Å². The van der Waals surface area contributed by atoms with E-state index >= 15 is 0 Å². The van der Waals surface area contributed by atoms with E-state index in [-0.39, 0.29) is 5.56 Å². The highest BCUT2D eigenvalue weighted by molar-refractivity contribution is 5.90. The van der Waals surface area contributed by atoms with Crippen LogP contribution in [0, 0.1) is 11.3 Å². The van der Waals surface area contributed by atoms with Crippen molar-refractivity contribution in [3.8, 4) is 6.07 Å². The summed E-state index contributed by atoms with van der Waals surface area (Å²) in [5, 5.41) is 8.61. The summed E-state index contributed by atoms with van der Waals surface area (Å²) in [5.74, 6) is -0.740. The first-order valence-electron chi connectivity index (χ1n) is 5.52. The molecule has 6 nitrogen and oxygen atoms in total. The maximum atomic E-state index is 11.5. The van der Waals surface area contributed by atoms with Crippen molar-refractivity contribution >= 4 is 12.1 Å². The molecular weight excluding hydrogens is 248 g/mol. The summed E-state index contributed by atoms with van der Waals surface area (Å²) < 4.78 is 4.89. The number of hydrogen-bond acceptors (Lipinski definition) is 5. The first-order chi connectivity index (χ1) is 8.81. The number of carbonyl (C=O) groups excluding carboxylic acids is 2. The van der Waals surface area contributed by atoms with Crippen LogP contribution >= 0.6 is 0 Å². The topological polar surface area (TPSA) is 88.4 Å². The molecule has 19 heavy (non-hydrogen) atoms. The zero-order valence-corrected chi connectivity index (χ0v) is 10.9. The van der Waals surface area contributed by atoms with Gasteiger partial charge in [-0.05, 0) is 45.0 Å². The van der Waals surface area contributed by atoms with Crippen molar-refractivity contribution in [2.45, 2.75) is 26.4 Å². The van der Waals surface area contributed by atoms with Gasteiger partial charge in [0.15, 0.2) is 0 Å². The molecule has 0 aliphatic carbocycles. The second-order valence-corrected chi connectivity index (χ2v) is 4.68. The lowest BCUT2D eigenvalue weighted by Crippen LogP contribution is -2.34. The lowest BCUT2D eigenvalue weighted by Gasteiger charge is -2.19. The van der Waals surface area contributed by atoms with Crippen LogP contribution in [0.2, 0.25) is 0 Å². The van der Waals surface area contributed by atoms with Gasteiger partial charge in [-0.25, -0.2) is 9.59 Å². The van der Waals surface area contributed by atoms with Crippen LogP contribution in [-0.4, -0.2) is 17.7 Å². The SMILES string of the molecule is CC(C)(C)OC(=O)NOC(=O)c1ccc(C#N)cc1. The van der Waals surface area contributed by atoms with E-state index in [9.17, 15) is 9.59 Å². The standard InChI is InChI=1S/C13H14N2O4/c1-13(2,3)18-12(17)15-19-11(16)10-6-4-9(8-14)5-7-10/h4-7H,1-3H3,(H,15,17). The minimum atomic E-state index is -0.852. The van der Waals surface area contributed by atoms with Crippen LogP contribution in [-0.2, 0) is 9.57 Å². The molecule has 0 unspecified atom stereocenters. The van der Waals surface area contributed by atoms with Gasteiger partial charge in [0.25, 0.3) is 0 Å². The largest absolute Gasteiger partial charge is 0.442 e. The van der Waals surface area contributed by atoms with E-state index in [1.807, 2.05) is 11.5 Å². The van der Waals surface area contributed by atoms with Crippen molar-refractivity contribution in [1.29, 1.82) is 5.26 Å². The molecule has 1 aromatic rings. The number of benzene rings is 1. The molecule has 100 valence electrons. The van der Waals surface area contributed by atoms with Crippen LogP contribution in [0.25, 0.3) is 0 Å². The first-order valence-corrected chi connectivity index (χ1v) is 5.52. The molecule has 6 heteroatoms. The number of hydrogen-bond donors (Lipinski definition) is 1. The molecule has 0 saturated heterocycles. The molecule has 0 spiro atoms. The summed E-state index contributed by atoms with van der Waals surface area (Å²) in [6.45, 7) is 5.07. The number of amides is 1. The number of rotatable bonds is 1. The molecule has 0 radical (unpaired) electrons. The maximum absolute atomic E-state index is 11.5. The maximum Gasteiger partial charge on any atom is 0.441 e. The minimum absolute atomic E-state index is 0.218. The molecule has 1 rings (SSSR count). The fourth-order valence-corrected chi connectivity index (χ4v) is 1.13. The Kier molecular flexibility index (Phi) is 4.48. The summed E-state index contributed by atoms with van der Waals surface area (Å²) in [4.78, 5) is 27.3. The number of hydroxylamine groups is 1. The molecule has 0 aromatic heterocycles. The number of carbonyl (C=O) groups is 2. The Bertz CT molecular complexity index is 509. The first kappa shape index (κ1) is 14.5. The van der Waals surface area contributed by atoms with Gasteiger partial charge >= 0.3 is 12.1 Å². The zero-order chi connectivity index (χ0) is 14.5. The molecule has 0 saturated carbocycles. The Morgan fingerprint density at radius 2 is 1.79 bits per heavy atom. The van der Waals surface area contributed by atoms with E-state index in [0.29, 0.717) is 5.56 Å². The fraction of sp³-hybridized carbons (Fsp3) is 0.308. The highest BCUT2D eigenvalue weighted by Crippen LogP contribution is 2.07. The molecule has 1 N–H and O–H groups in total. The van der Waals surface area contributed by atoms with Crippen LogP contribution in [0.4, 0.5) is 4.79 Å². The predicted octanol–water partition coefficient (Wildman–Crippen LogP) is 2.15. The molecule has 0 atom stereocenters. The average Bonchev–Trinajstić information content (AvgIpc) is 2.34. The quantitative estimate of drug-likeness (QED) is 0.783. The molecule has 0 bridgehead atoms. The lowest BCUT2D eigenvalue weighted by atomic mass is 10.1. The van der Waals surface area contributed by atoms with Crippen LogP contribution in [0.15, 0.2) is 24.3 Å². The summed E-state index contributed by atoms with van der Waals surface area (Å²) in [7, 11) is 0. The Morgan fingerprint density at radius 3 is 2.26 bits per heavy atom. The van der Waals surface area contributed by atoms with Gasteiger partial charge in [-0.3, -0.25) is 0 Å². The molecular formula is C13H14N2O4. The smallest absolute Gasteiger partial charge is 0.441 e. The van der Waals surface area contributed by atoms with Crippen molar-refractivity contribution in [3.63, 3.8) is 0 Å². The molecule has 1 amide bonds. The summed E-state index contributed by atoms with van der Waals surface area (Å²) >= 11 is 0. The van der Waals surface area contributed by atoms with Crippen molar-refractivity contribution in [2.75, 3.05) is 0 Å². The van der Waals surface area contributed by atoms with Crippen molar-refractivity contribution in [2.24, 2.45) is 0 Å². The normalized spacial score (nSPS) is 10.2. The minimum Gasteiger partial charge on any atom is -0.442 e. The highest BCUT2D eigenvalue weighted by atomic mass is 16.7. The monoisotopic (exact) mass is 262 g/mol. The van der Waals surface area contributed by atoms with Crippen LogP contribution in [0.5, 0.6) is 0 Å². The van der Waals surface area contributed by atoms with Gasteiger partial charge in [0, 0.05) is 0 Å². The molecule has 0 aliphatic heterocycles. The third-order valence-corrected chi connectivity index (χ3v) is 1.88.